The highest BCUT2D eigenvalue weighted by Gasteiger charge is 2.08. The summed E-state index contributed by atoms with van der Waals surface area (Å²) in [5.74, 6) is -0.781. The molecule has 0 spiro atoms. The minimum atomic E-state index is -0.781. The van der Waals surface area contributed by atoms with Crippen molar-refractivity contribution in [1.82, 2.24) is 0 Å². The highest BCUT2D eigenvalue weighted by molar-refractivity contribution is 5.88. The summed E-state index contributed by atoms with van der Waals surface area (Å²) < 4.78 is 0. The zero-order valence-electron chi connectivity index (χ0n) is 30.6. The van der Waals surface area contributed by atoms with Crippen LogP contribution in [0.2, 0.25) is 0 Å². The Hall–Kier alpha value is -1.31. The van der Waals surface area contributed by atoms with E-state index in [1.807, 2.05) is 12.1 Å². The second kappa shape index (κ2) is 32.6. The van der Waals surface area contributed by atoms with Crippen LogP contribution in [0.15, 0.2) is 18.2 Å². The van der Waals surface area contributed by atoms with Crippen LogP contribution in [0.25, 0.3) is 0 Å². The van der Waals surface area contributed by atoms with E-state index in [0.29, 0.717) is 5.56 Å². The fourth-order valence-electron chi connectivity index (χ4n) is 6.93. The van der Waals surface area contributed by atoms with Crippen LogP contribution in [-0.4, -0.2) is 11.1 Å². The molecule has 45 heavy (non-hydrogen) atoms. The summed E-state index contributed by atoms with van der Waals surface area (Å²) in [5, 5.41) is 9.66. The van der Waals surface area contributed by atoms with Crippen molar-refractivity contribution in [3.8, 4) is 0 Å². The zero-order valence-corrected chi connectivity index (χ0v) is 30.6. The molecule has 0 radical (unpaired) electrons. The Labute approximate surface area is 282 Å². The molecule has 0 fully saturated rings. The first kappa shape index (κ1) is 41.7. The lowest BCUT2D eigenvalue weighted by Gasteiger charge is -2.09. The Balaban J connectivity index is 2.03. The first-order chi connectivity index (χ1) is 22.2. The van der Waals surface area contributed by atoms with Gasteiger partial charge in [0.25, 0.3) is 0 Å². The number of benzene rings is 1. The van der Waals surface area contributed by atoms with E-state index in [1.54, 1.807) is 0 Å². The number of carboxylic acids is 1. The molecule has 0 bridgehead atoms. The van der Waals surface area contributed by atoms with Gasteiger partial charge in [0.15, 0.2) is 0 Å². The highest BCUT2D eigenvalue weighted by atomic mass is 16.4. The average molecular weight is 627 g/mol. The lowest BCUT2D eigenvalue weighted by atomic mass is 9.97. The summed E-state index contributed by atoms with van der Waals surface area (Å²) in [7, 11) is 0. The number of carboxylic acid groups (broad SMARTS) is 1. The largest absolute Gasteiger partial charge is 0.478 e. The number of unbranched alkanes of at least 4 members (excludes halogenated alkanes) is 30. The van der Waals surface area contributed by atoms with Crippen LogP contribution in [0.3, 0.4) is 0 Å². The molecule has 1 aromatic carbocycles. The minimum absolute atomic E-state index is 0.482. The van der Waals surface area contributed by atoms with Gasteiger partial charge in [0.05, 0.1) is 5.56 Å². The van der Waals surface area contributed by atoms with Gasteiger partial charge in [-0.3, -0.25) is 0 Å². The smallest absolute Gasteiger partial charge is 0.335 e. The van der Waals surface area contributed by atoms with E-state index in [2.05, 4.69) is 19.9 Å². The molecular weight excluding hydrogens is 548 g/mol. The maximum atomic E-state index is 11.8. The van der Waals surface area contributed by atoms with Gasteiger partial charge < -0.3 is 5.11 Å². The standard InChI is InChI=1S/C43H78O2/c1-3-5-7-9-11-13-15-17-19-21-23-25-27-29-31-33-35-40-37-41(39-42(38-40)43(44)45)36-34-32-30-28-26-24-22-20-18-16-14-12-10-8-6-4-2/h37-39H,3-36H2,1-2H3,(H,44,45). The quantitative estimate of drug-likeness (QED) is 0.0761. The lowest BCUT2D eigenvalue weighted by Crippen LogP contribution is -2.01. The normalized spacial score (nSPS) is 11.4. The summed E-state index contributed by atoms with van der Waals surface area (Å²) in [5.41, 5.74) is 2.94. The van der Waals surface area contributed by atoms with E-state index in [4.69, 9.17) is 0 Å². The summed E-state index contributed by atoms with van der Waals surface area (Å²) >= 11 is 0. The van der Waals surface area contributed by atoms with E-state index >= 15 is 0 Å². The highest BCUT2D eigenvalue weighted by Crippen LogP contribution is 2.19. The predicted molar refractivity (Wildman–Crippen MR) is 200 cm³/mol. The molecule has 2 nitrogen and oxygen atoms in total. The summed E-state index contributed by atoms with van der Waals surface area (Å²) in [6, 6.07) is 6.14. The SMILES string of the molecule is CCCCCCCCCCCCCCCCCCc1cc(CCCCCCCCCCCCCCCCCC)cc(C(=O)O)c1. The van der Waals surface area contributed by atoms with Crippen molar-refractivity contribution in [3.05, 3.63) is 34.9 Å². The van der Waals surface area contributed by atoms with Crippen molar-refractivity contribution in [3.63, 3.8) is 0 Å². The van der Waals surface area contributed by atoms with Crippen molar-refractivity contribution in [2.45, 2.75) is 232 Å². The molecule has 1 N–H and O–H groups in total. The Morgan fingerprint density at radius 2 is 0.600 bits per heavy atom. The molecule has 0 atom stereocenters. The van der Waals surface area contributed by atoms with Gasteiger partial charge in [-0.15, -0.1) is 0 Å². The van der Waals surface area contributed by atoms with Gasteiger partial charge in [0.1, 0.15) is 0 Å². The Morgan fingerprint density at radius 3 is 0.822 bits per heavy atom. The van der Waals surface area contributed by atoms with E-state index in [0.717, 1.165) is 12.8 Å². The van der Waals surface area contributed by atoms with Gasteiger partial charge in [0.2, 0.25) is 0 Å². The van der Waals surface area contributed by atoms with Crippen LogP contribution in [0.5, 0.6) is 0 Å². The molecule has 1 rings (SSSR count). The molecule has 0 aliphatic carbocycles. The van der Waals surface area contributed by atoms with Crippen LogP contribution in [0.4, 0.5) is 0 Å². The van der Waals surface area contributed by atoms with E-state index < -0.39 is 5.97 Å². The zero-order chi connectivity index (χ0) is 32.5. The summed E-state index contributed by atoms with van der Waals surface area (Å²) in [6.07, 6.45) is 46.4. The molecule has 0 aromatic heterocycles. The van der Waals surface area contributed by atoms with E-state index in [9.17, 15) is 9.90 Å². The second-order valence-electron chi connectivity index (χ2n) is 14.4. The number of hydrogen-bond acceptors (Lipinski definition) is 1. The van der Waals surface area contributed by atoms with Crippen LogP contribution >= 0.6 is 0 Å². The molecular formula is C43H78O2. The first-order valence-corrected chi connectivity index (χ1v) is 20.5. The third kappa shape index (κ3) is 27.5. The molecule has 0 saturated carbocycles. The van der Waals surface area contributed by atoms with Gasteiger partial charge in [-0.1, -0.05) is 213 Å². The van der Waals surface area contributed by atoms with Gasteiger partial charge in [0, 0.05) is 0 Å². The van der Waals surface area contributed by atoms with Crippen LogP contribution in [0.1, 0.15) is 241 Å². The molecule has 262 valence electrons. The monoisotopic (exact) mass is 627 g/mol. The van der Waals surface area contributed by atoms with Crippen molar-refractivity contribution in [2.75, 3.05) is 0 Å². The third-order valence-electron chi connectivity index (χ3n) is 9.94. The number of carbonyl (C=O) groups is 1. The maximum absolute atomic E-state index is 11.8. The Bertz CT molecular complexity index is 715. The van der Waals surface area contributed by atoms with Crippen LogP contribution in [-0.2, 0) is 12.8 Å². The molecule has 0 unspecified atom stereocenters. The minimum Gasteiger partial charge on any atom is -0.478 e. The van der Waals surface area contributed by atoms with E-state index in [-0.39, 0.29) is 0 Å². The summed E-state index contributed by atoms with van der Waals surface area (Å²) in [6.45, 7) is 4.58. The molecule has 1 aromatic rings. The maximum Gasteiger partial charge on any atom is 0.335 e. The fraction of sp³-hybridized carbons (Fsp3) is 0.837. The molecule has 0 saturated heterocycles. The van der Waals surface area contributed by atoms with Crippen molar-refractivity contribution in [2.24, 2.45) is 0 Å². The van der Waals surface area contributed by atoms with Crippen molar-refractivity contribution >= 4 is 5.97 Å². The third-order valence-corrected chi connectivity index (χ3v) is 9.94. The Morgan fingerprint density at radius 1 is 0.378 bits per heavy atom. The topological polar surface area (TPSA) is 37.3 Å². The van der Waals surface area contributed by atoms with Gasteiger partial charge in [-0.2, -0.15) is 0 Å². The Kier molecular flexibility index (Phi) is 30.2. The lowest BCUT2D eigenvalue weighted by molar-refractivity contribution is 0.0696. The molecule has 0 amide bonds. The van der Waals surface area contributed by atoms with Crippen molar-refractivity contribution in [1.29, 1.82) is 0 Å². The number of hydrogen-bond donors (Lipinski definition) is 1. The predicted octanol–water partition coefficient (Wildman–Crippen LogP) is 15.0. The van der Waals surface area contributed by atoms with Crippen LogP contribution in [0, 0.1) is 0 Å². The molecule has 2 heteroatoms. The first-order valence-electron chi connectivity index (χ1n) is 20.5. The van der Waals surface area contributed by atoms with E-state index in [1.165, 1.54) is 217 Å². The average Bonchev–Trinajstić information content (AvgIpc) is 3.04. The number of rotatable bonds is 35. The van der Waals surface area contributed by atoms with Gasteiger partial charge >= 0.3 is 5.97 Å². The molecule has 0 heterocycles. The van der Waals surface area contributed by atoms with Crippen LogP contribution < -0.4 is 0 Å². The molecule has 0 aliphatic heterocycles. The fourth-order valence-corrected chi connectivity index (χ4v) is 6.93. The summed E-state index contributed by atoms with van der Waals surface area (Å²) in [4.78, 5) is 11.8. The molecule has 0 aliphatic rings. The van der Waals surface area contributed by atoms with Gasteiger partial charge in [-0.25, -0.2) is 4.79 Å². The van der Waals surface area contributed by atoms with Crippen molar-refractivity contribution < 1.29 is 9.90 Å². The van der Waals surface area contributed by atoms with Gasteiger partial charge in [-0.05, 0) is 48.9 Å². The number of aryl methyl sites for hydroxylation is 2. The second-order valence-corrected chi connectivity index (χ2v) is 14.4. The number of aromatic carboxylic acids is 1.